The molecule has 0 saturated heterocycles. The van der Waals surface area contributed by atoms with Crippen LogP contribution in [-0.4, -0.2) is 15.0 Å². The molecule has 1 spiro atoms. The van der Waals surface area contributed by atoms with Crippen molar-refractivity contribution in [3.63, 3.8) is 0 Å². The highest BCUT2D eigenvalue weighted by molar-refractivity contribution is 5.85. The lowest BCUT2D eigenvalue weighted by Gasteiger charge is -2.36. The van der Waals surface area contributed by atoms with Crippen LogP contribution in [0.5, 0.6) is 0 Å². The van der Waals surface area contributed by atoms with Gasteiger partial charge in [0.2, 0.25) is 0 Å². The standard InChI is InChI=1S/C69H51N3/c1-4-13-47(14-5-1)49-29-35-56(36-30-49)66-70-67(57-37-31-50(32-38-57)48-15-6-2-7-16-48)72-68(71-66)58-39-33-52(34-40-58)51-21-23-53(24-22-51)59-17-12-18-60(45-59)54-25-27-55(28-26-54)61-41-42-63-62-19-8-9-20-64(62)69(65(63)46-61)43-10-3-11-44-69/h1-2,4-9,12-42,45-46H,3,10-11,43-44H2. The predicted octanol–water partition coefficient (Wildman–Crippen LogP) is 18.1. The average molecular weight is 922 g/mol. The second-order valence-electron chi connectivity index (χ2n) is 19.5. The highest BCUT2D eigenvalue weighted by atomic mass is 15.0. The van der Waals surface area contributed by atoms with E-state index in [1.807, 2.05) is 12.1 Å². The van der Waals surface area contributed by atoms with Gasteiger partial charge in [0.05, 0.1) is 0 Å². The summed E-state index contributed by atoms with van der Waals surface area (Å²) in [5, 5.41) is 0. The Morgan fingerprint density at radius 2 is 0.528 bits per heavy atom. The fraction of sp³-hybridized carbons (Fsp3) is 0.0870. The quantitative estimate of drug-likeness (QED) is 0.145. The number of rotatable bonds is 9. The maximum atomic E-state index is 5.07. The maximum Gasteiger partial charge on any atom is 0.164 e. The second kappa shape index (κ2) is 18.5. The summed E-state index contributed by atoms with van der Waals surface area (Å²) in [5.74, 6) is 1.90. The van der Waals surface area contributed by atoms with E-state index in [1.54, 1.807) is 5.56 Å². The van der Waals surface area contributed by atoms with Crippen molar-refractivity contribution in [3.05, 3.63) is 260 Å². The second-order valence-corrected chi connectivity index (χ2v) is 19.5. The molecule has 0 bridgehead atoms. The molecule has 0 atom stereocenters. The summed E-state index contributed by atoms with van der Waals surface area (Å²) in [5.41, 5.74) is 23.2. The summed E-state index contributed by atoms with van der Waals surface area (Å²) < 4.78 is 0. The molecule has 0 unspecified atom stereocenters. The van der Waals surface area contributed by atoms with Gasteiger partial charge in [-0.2, -0.15) is 0 Å². The van der Waals surface area contributed by atoms with Crippen molar-refractivity contribution >= 4 is 0 Å². The fourth-order valence-corrected chi connectivity index (χ4v) is 11.4. The monoisotopic (exact) mass is 921 g/mol. The molecule has 3 heteroatoms. The van der Waals surface area contributed by atoms with Gasteiger partial charge >= 0.3 is 0 Å². The number of aromatic nitrogens is 3. The molecule has 11 aromatic rings. The van der Waals surface area contributed by atoms with Crippen molar-refractivity contribution in [3.8, 4) is 112 Å². The van der Waals surface area contributed by atoms with E-state index in [2.05, 4.69) is 237 Å². The SMILES string of the molecule is c1ccc(-c2ccc(-c3nc(-c4ccc(-c5ccccc5)cc4)nc(-c4ccc(-c5ccc(-c6cccc(-c7ccc(-c8ccc9c(c8)C8(CCCCC8)c8ccccc8-9)cc7)c6)cc5)cc4)n3)cc2)cc1. The largest absolute Gasteiger partial charge is 0.208 e. The van der Waals surface area contributed by atoms with Crippen molar-refractivity contribution < 1.29 is 0 Å². The Bertz CT molecular complexity index is 3600. The molecule has 0 radical (unpaired) electrons. The molecule has 2 aliphatic rings. The van der Waals surface area contributed by atoms with Crippen LogP contribution in [0.2, 0.25) is 0 Å². The highest BCUT2D eigenvalue weighted by Crippen LogP contribution is 2.56. The highest BCUT2D eigenvalue weighted by Gasteiger charge is 2.43. The van der Waals surface area contributed by atoms with Crippen LogP contribution < -0.4 is 0 Å². The van der Waals surface area contributed by atoms with Crippen LogP contribution in [0.4, 0.5) is 0 Å². The van der Waals surface area contributed by atoms with Crippen LogP contribution in [-0.2, 0) is 5.41 Å². The topological polar surface area (TPSA) is 38.7 Å². The Labute approximate surface area is 422 Å². The molecule has 10 aromatic carbocycles. The Hall–Kier alpha value is -8.79. The zero-order valence-corrected chi connectivity index (χ0v) is 40.0. The number of hydrogen-bond donors (Lipinski definition) is 0. The number of fused-ring (bicyclic) bond motifs is 5. The van der Waals surface area contributed by atoms with E-state index < -0.39 is 0 Å². The smallest absolute Gasteiger partial charge is 0.164 e. The van der Waals surface area contributed by atoms with Crippen LogP contribution in [0.3, 0.4) is 0 Å². The van der Waals surface area contributed by atoms with Gasteiger partial charge in [-0.3, -0.25) is 0 Å². The summed E-state index contributed by atoms with van der Waals surface area (Å²) in [6.45, 7) is 0. The first-order chi connectivity index (χ1) is 35.6. The Kier molecular flexibility index (Phi) is 11.1. The zero-order valence-electron chi connectivity index (χ0n) is 40.0. The van der Waals surface area contributed by atoms with Gasteiger partial charge in [0.1, 0.15) is 0 Å². The first kappa shape index (κ1) is 43.2. The number of hydrogen-bond acceptors (Lipinski definition) is 3. The summed E-state index contributed by atoms with van der Waals surface area (Å²) >= 11 is 0. The molecule has 0 aliphatic heterocycles. The van der Waals surface area contributed by atoms with Gasteiger partial charge in [0, 0.05) is 22.1 Å². The van der Waals surface area contributed by atoms with E-state index in [1.165, 1.54) is 93.3 Å². The first-order valence-corrected chi connectivity index (χ1v) is 25.4. The third-order valence-electron chi connectivity index (χ3n) is 15.2. The summed E-state index contributed by atoms with van der Waals surface area (Å²) in [6.07, 6.45) is 6.44. The van der Waals surface area contributed by atoms with E-state index >= 15 is 0 Å². The van der Waals surface area contributed by atoms with Crippen LogP contribution in [0.1, 0.15) is 43.2 Å². The van der Waals surface area contributed by atoms with Crippen molar-refractivity contribution in [1.29, 1.82) is 0 Å². The molecule has 72 heavy (non-hydrogen) atoms. The predicted molar refractivity (Wildman–Crippen MR) is 298 cm³/mol. The lowest BCUT2D eigenvalue weighted by molar-refractivity contribution is 0.353. The molecule has 13 rings (SSSR count). The van der Waals surface area contributed by atoms with Gasteiger partial charge in [0.15, 0.2) is 17.5 Å². The van der Waals surface area contributed by atoms with E-state index in [0.717, 1.165) is 38.9 Å². The van der Waals surface area contributed by atoms with E-state index in [0.29, 0.717) is 17.5 Å². The van der Waals surface area contributed by atoms with E-state index in [9.17, 15) is 0 Å². The Morgan fingerprint density at radius 3 is 0.958 bits per heavy atom. The molecular formula is C69H51N3. The molecule has 0 N–H and O–H groups in total. The molecule has 0 amide bonds. The lowest BCUT2D eigenvalue weighted by Crippen LogP contribution is -2.28. The minimum atomic E-state index is 0.158. The minimum absolute atomic E-state index is 0.158. The van der Waals surface area contributed by atoms with Crippen molar-refractivity contribution in [2.24, 2.45) is 0 Å². The number of benzene rings is 10. The van der Waals surface area contributed by atoms with Crippen molar-refractivity contribution in [2.45, 2.75) is 37.5 Å². The van der Waals surface area contributed by atoms with Gasteiger partial charge < -0.3 is 0 Å². The third-order valence-corrected chi connectivity index (χ3v) is 15.2. The van der Waals surface area contributed by atoms with Crippen molar-refractivity contribution in [1.82, 2.24) is 15.0 Å². The van der Waals surface area contributed by atoms with Crippen molar-refractivity contribution in [2.75, 3.05) is 0 Å². The van der Waals surface area contributed by atoms with E-state index in [4.69, 9.17) is 15.0 Å². The minimum Gasteiger partial charge on any atom is -0.208 e. The third kappa shape index (κ3) is 8.13. The molecular weight excluding hydrogens is 871 g/mol. The summed E-state index contributed by atoms with van der Waals surface area (Å²) in [7, 11) is 0. The van der Waals surface area contributed by atoms with Gasteiger partial charge in [0.25, 0.3) is 0 Å². The van der Waals surface area contributed by atoms with Crippen LogP contribution in [0.25, 0.3) is 112 Å². The Balaban J connectivity index is 0.745. The molecule has 2 aliphatic carbocycles. The number of nitrogens with zero attached hydrogens (tertiary/aromatic N) is 3. The molecule has 1 fully saturated rings. The van der Waals surface area contributed by atoms with Crippen LogP contribution >= 0.6 is 0 Å². The summed E-state index contributed by atoms with van der Waals surface area (Å²) in [6, 6.07) is 89.7. The molecule has 3 nitrogen and oxygen atoms in total. The lowest BCUT2D eigenvalue weighted by atomic mass is 9.67. The van der Waals surface area contributed by atoms with Gasteiger partial charge in [-0.25, -0.2) is 15.0 Å². The first-order valence-electron chi connectivity index (χ1n) is 25.4. The molecule has 1 aromatic heterocycles. The van der Waals surface area contributed by atoms with E-state index in [-0.39, 0.29) is 5.41 Å². The van der Waals surface area contributed by atoms with Gasteiger partial charge in [-0.1, -0.05) is 256 Å². The zero-order chi connectivity index (χ0) is 47.8. The maximum absolute atomic E-state index is 5.07. The molecule has 342 valence electrons. The molecule has 1 saturated carbocycles. The summed E-state index contributed by atoms with van der Waals surface area (Å²) in [4.78, 5) is 15.2. The average Bonchev–Trinajstić information content (AvgIpc) is 3.73. The van der Waals surface area contributed by atoms with Crippen LogP contribution in [0, 0.1) is 0 Å². The normalized spacial score (nSPS) is 13.4. The molecule has 1 heterocycles. The van der Waals surface area contributed by atoms with Gasteiger partial charge in [-0.15, -0.1) is 0 Å². The van der Waals surface area contributed by atoms with Gasteiger partial charge in [-0.05, 0) is 114 Å². The Morgan fingerprint density at radius 1 is 0.222 bits per heavy atom. The fourth-order valence-electron chi connectivity index (χ4n) is 11.4. The van der Waals surface area contributed by atoms with Crippen LogP contribution in [0.15, 0.2) is 249 Å².